The first kappa shape index (κ1) is 16.9. The first-order valence-electron chi connectivity index (χ1n) is 8.44. The summed E-state index contributed by atoms with van der Waals surface area (Å²) in [7, 11) is -3.49. The monoisotopic (exact) mass is 339 g/mol. The predicted molar refractivity (Wildman–Crippen MR) is 88.0 cm³/mol. The summed E-state index contributed by atoms with van der Waals surface area (Å²) in [5.41, 5.74) is 1.26. The van der Waals surface area contributed by atoms with Crippen molar-refractivity contribution in [2.45, 2.75) is 49.0 Å². The number of ether oxygens (including phenoxy) is 2. The summed E-state index contributed by atoms with van der Waals surface area (Å²) in [5.74, 6) is 0.584. The van der Waals surface area contributed by atoms with Crippen LogP contribution in [0.4, 0.5) is 0 Å². The molecule has 1 aliphatic heterocycles. The van der Waals surface area contributed by atoms with Crippen LogP contribution in [-0.4, -0.2) is 40.9 Å². The fourth-order valence-corrected chi connectivity index (χ4v) is 4.36. The molecule has 23 heavy (non-hydrogen) atoms. The van der Waals surface area contributed by atoms with Gasteiger partial charge in [0.2, 0.25) is 10.0 Å². The van der Waals surface area contributed by atoms with Gasteiger partial charge in [-0.15, -0.1) is 0 Å². The van der Waals surface area contributed by atoms with Crippen LogP contribution in [0.15, 0.2) is 29.2 Å². The van der Waals surface area contributed by atoms with Crippen molar-refractivity contribution in [2.24, 2.45) is 0 Å². The third-order valence-electron chi connectivity index (χ3n) is 4.65. The number of sulfonamides is 1. The van der Waals surface area contributed by atoms with E-state index in [0.29, 0.717) is 30.6 Å². The Morgan fingerprint density at radius 1 is 1.04 bits per heavy atom. The zero-order valence-electron chi connectivity index (χ0n) is 13.4. The van der Waals surface area contributed by atoms with Crippen LogP contribution in [0.25, 0.3) is 0 Å². The molecule has 0 spiro atoms. The van der Waals surface area contributed by atoms with Gasteiger partial charge in [-0.25, -0.2) is 13.1 Å². The van der Waals surface area contributed by atoms with Gasteiger partial charge in [-0.1, -0.05) is 31.4 Å². The summed E-state index contributed by atoms with van der Waals surface area (Å²) in [6.45, 7) is 1.77. The van der Waals surface area contributed by atoms with Crippen molar-refractivity contribution in [3.8, 4) is 0 Å². The van der Waals surface area contributed by atoms with Crippen LogP contribution >= 0.6 is 0 Å². The Bertz CT molecular complexity index is 588. The fourth-order valence-electron chi connectivity index (χ4n) is 3.30. The summed E-state index contributed by atoms with van der Waals surface area (Å²) in [6.07, 6.45) is 6.08. The van der Waals surface area contributed by atoms with Crippen LogP contribution < -0.4 is 4.72 Å². The van der Waals surface area contributed by atoms with Crippen molar-refractivity contribution in [1.82, 2.24) is 4.72 Å². The number of nitrogens with one attached hydrogen (secondary N) is 1. The van der Waals surface area contributed by atoms with Crippen LogP contribution in [0.3, 0.4) is 0 Å². The highest BCUT2D eigenvalue weighted by Crippen LogP contribution is 2.32. The van der Waals surface area contributed by atoms with E-state index in [0.717, 1.165) is 0 Å². The van der Waals surface area contributed by atoms with Gasteiger partial charge in [0.25, 0.3) is 0 Å². The Labute approximate surface area is 138 Å². The van der Waals surface area contributed by atoms with Crippen LogP contribution in [0.1, 0.15) is 43.6 Å². The van der Waals surface area contributed by atoms with Crippen molar-refractivity contribution in [3.63, 3.8) is 0 Å². The standard InChI is InChI=1S/C17H25NO4S/c19-23(20,18-12-16-13-21-10-11-22-16)17-8-6-15(7-9-17)14-4-2-1-3-5-14/h6-9,14,16,18H,1-5,10-13H2/t16-/m1/s1. The molecule has 1 aliphatic carbocycles. The molecule has 1 aromatic rings. The molecule has 0 unspecified atom stereocenters. The minimum absolute atomic E-state index is 0.208. The molecule has 0 amide bonds. The first-order valence-corrected chi connectivity index (χ1v) is 9.92. The molecule has 1 saturated heterocycles. The molecular weight excluding hydrogens is 314 g/mol. The lowest BCUT2D eigenvalue weighted by Gasteiger charge is -2.23. The van der Waals surface area contributed by atoms with Crippen molar-refractivity contribution in [3.05, 3.63) is 29.8 Å². The smallest absolute Gasteiger partial charge is 0.240 e. The highest BCUT2D eigenvalue weighted by atomic mass is 32.2. The van der Waals surface area contributed by atoms with E-state index in [1.54, 1.807) is 12.1 Å². The average Bonchev–Trinajstić information content (AvgIpc) is 2.62. The number of benzene rings is 1. The van der Waals surface area contributed by atoms with Gasteiger partial charge in [-0.05, 0) is 36.5 Å². The lowest BCUT2D eigenvalue weighted by molar-refractivity contribution is -0.0846. The highest BCUT2D eigenvalue weighted by Gasteiger charge is 2.21. The fraction of sp³-hybridized carbons (Fsp3) is 0.647. The molecule has 128 valence electrons. The van der Waals surface area contributed by atoms with Gasteiger partial charge < -0.3 is 9.47 Å². The second-order valence-electron chi connectivity index (χ2n) is 6.32. The Morgan fingerprint density at radius 3 is 2.43 bits per heavy atom. The number of hydrogen-bond acceptors (Lipinski definition) is 4. The van der Waals surface area contributed by atoms with E-state index < -0.39 is 10.0 Å². The highest BCUT2D eigenvalue weighted by molar-refractivity contribution is 7.89. The Kier molecular flexibility index (Phi) is 5.69. The molecule has 2 aliphatic rings. The molecule has 5 nitrogen and oxygen atoms in total. The molecule has 2 fully saturated rings. The third-order valence-corrected chi connectivity index (χ3v) is 6.09. The minimum Gasteiger partial charge on any atom is -0.376 e. The predicted octanol–water partition coefficient (Wildman–Crippen LogP) is 2.43. The Balaban J connectivity index is 1.60. The summed E-state index contributed by atoms with van der Waals surface area (Å²) in [4.78, 5) is 0.314. The van der Waals surface area contributed by atoms with Crippen molar-refractivity contribution < 1.29 is 17.9 Å². The Morgan fingerprint density at radius 2 is 1.78 bits per heavy atom. The summed E-state index contributed by atoms with van der Waals surface area (Å²) in [5, 5.41) is 0. The molecule has 1 N–H and O–H groups in total. The molecular formula is C17H25NO4S. The quantitative estimate of drug-likeness (QED) is 0.895. The first-order chi connectivity index (χ1) is 11.1. The normalized spacial score (nSPS) is 23.7. The van der Waals surface area contributed by atoms with Crippen LogP contribution in [0.2, 0.25) is 0 Å². The Hall–Kier alpha value is -0.950. The molecule has 3 rings (SSSR count). The molecule has 6 heteroatoms. The molecule has 1 saturated carbocycles. The van der Waals surface area contributed by atoms with Crippen LogP contribution in [0, 0.1) is 0 Å². The van der Waals surface area contributed by atoms with Crippen LogP contribution in [-0.2, 0) is 19.5 Å². The molecule has 1 aromatic carbocycles. The van der Waals surface area contributed by atoms with Gasteiger partial charge >= 0.3 is 0 Å². The van der Waals surface area contributed by atoms with E-state index in [1.807, 2.05) is 12.1 Å². The SMILES string of the molecule is O=S(=O)(NC[C@@H]1COCCO1)c1ccc(C2CCCCC2)cc1. The van der Waals surface area contributed by atoms with Gasteiger partial charge in [0.1, 0.15) is 0 Å². The number of hydrogen-bond donors (Lipinski definition) is 1. The van der Waals surface area contributed by atoms with E-state index in [9.17, 15) is 8.42 Å². The molecule has 0 bridgehead atoms. The van der Waals surface area contributed by atoms with Gasteiger partial charge in [-0.3, -0.25) is 0 Å². The van der Waals surface area contributed by atoms with Gasteiger partial charge in [-0.2, -0.15) is 0 Å². The van der Waals surface area contributed by atoms with Gasteiger partial charge in [0.05, 0.1) is 30.8 Å². The maximum Gasteiger partial charge on any atom is 0.240 e. The number of rotatable bonds is 5. The minimum atomic E-state index is -3.49. The molecule has 0 radical (unpaired) electrons. The zero-order chi connectivity index (χ0) is 16.1. The second-order valence-corrected chi connectivity index (χ2v) is 8.09. The lowest BCUT2D eigenvalue weighted by Crippen LogP contribution is -2.39. The van der Waals surface area contributed by atoms with E-state index in [-0.39, 0.29) is 12.6 Å². The average molecular weight is 339 g/mol. The molecule has 1 heterocycles. The lowest BCUT2D eigenvalue weighted by atomic mass is 9.84. The molecule has 1 atom stereocenters. The maximum atomic E-state index is 12.4. The van der Waals surface area contributed by atoms with E-state index >= 15 is 0 Å². The topological polar surface area (TPSA) is 64.6 Å². The van der Waals surface area contributed by atoms with Crippen molar-refractivity contribution in [1.29, 1.82) is 0 Å². The zero-order valence-corrected chi connectivity index (χ0v) is 14.2. The largest absolute Gasteiger partial charge is 0.376 e. The van der Waals surface area contributed by atoms with E-state index in [2.05, 4.69) is 4.72 Å². The second kappa shape index (κ2) is 7.75. The van der Waals surface area contributed by atoms with Crippen molar-refractivity contribution >= 4 is 10.0 Å². The maximum absolute atomic E-state index is 12.4. The summed E-state index contributed by atoms with van der Waals surface area (Å²) >= 11 is 0. The van der Waals surface area contributed by atoms with Gasteiger partial charge in [0, 0.05) is 6.54 Å². The van der Waals surface area contributed by atoms with E-state index in [4.69, 9.17) is 9.47 Å². The summed E-state index contributed by atoms with van der Waals surface area (Å²) in [6, 6.07) is 7.35. The van der Waals surface area contributed by atoms with Crippen molar-refractivity contribution in [2.75, 3.05) is 26.4 Å². The van der Waals surface area contributed by atoms with Gasteiger partial charge in [0.15, 0.2) is 0 Å². The molecule has 0 aromatic heterocycles. The summed E-state index contributed by atoms with van der Waals surface area (Å²) < 4.78 is 38.1. The third kappa shape index (κ3) is 4.53. The van der Waals surface area contributed by atoms with E-state index in [1.165, 1.54) is 37.7 Å². The van der Waals surface area contributed by atoms with Crippen LogP contribution in [0.5, 0.6) is 0 Å².